The van der Waals surface area contributed by atoms with Crippen molar-refractivity contribution in [2.75, 3.05) is 10.6 Å². The maximum Gasteiger partial charge on any atom is 0.257 e. The van der Waals surface area contributed by atoms with Gasteiger partial charge in [0.1, 0.15) is 5.01 Å². The molecule has 0 aliphatic heterocycles. The van der Waals surface area contributed by atoms with Gasteiger partial charge in [-0.3, -0.25) is 14.9 Å². The van der Waals surface area contributed by atoms with Crippen molar-refractivity contribution < 1.29 is 9.59 Å². The number of anilines is 2. The largest absolute Gasteiger partial charge is 0.326 e. The molecule has 1 atom stereocenters. The standard InChI is InChI=1S/C22H24N4O2S/c1-14(2)20(27)23-18-11-7-10-17(13-18)21(28)24-22-26-25-19(29-22)12-15(3)16-8-5-4-6-9-16/h4-11,13-15H,12H2,1-3H3,(H,23,27)(H,24,26,28). The molecule has 2 N–H and O–H groups in total. The van der Waals surface area contributed by atoms with E-state index >= 15 is 0 Å². The molecule has 7 heteroatoms. The highest BCUT2D eigenvalue weighted by Gasteiger charge is 2.14. The third-order valence-electron chi connectivity index (χ3n) is 4.45. The highest BCUT2D eigenvalue weighted by atomic mass is 32.1. The number of amides is 2. The molecule has 150 valence electrons. The first kappa shape index (κ1) is 20.7. The molecule has 0 bridgehead atoms. The topological polar surface area (TPSA) is 84.0 Å². The smallest absolute Gasteiger partial charge is 0.257 e. The first-order valence-corrected chi connectivity index (χ1v) is 10.3. The van der Waals surface area contributed by atoms with Crippen LogP contribution in [0.1, 0.15) is 47.6 Å². The van der Waals surface area contributed by atoms with E-state index in [0.717, 1.165) is 11.4 Å². The monoisotopic (exact) mass is 408 g/mol. The fourth-order valence-corrected chi connectivity index (χ4v) is 3.61. The van der Waals surface area contributed by atoms with Gasteiger partial charge in [0.05, 0.1) is 0 Å². The Morgan fingerprint density at radius 1 is 0.966 bits per heavy atom. The molecule has 3 rings (SSSR count). The van der Waals surface area contributed by atoms with Gasteiger partial charge in [0.25, 0.3) is 5.91 Å². The summed E-state index contributed by atoms with van der Waals surface area (Å²) in [5, 5.41) is 15.2. The molecule has 0 saturated carbocycles. The number of nitrogens with zero attached hydrogens (tertiary/aromatic N) is 2. The van der Waals surface area contributed by atoms with Crippen molar-refractivity contribution >= 4 is 34.0 Å². The van der Waals surface area contributed by atoms with Crippen LogP contribution in [-0.2, 0) is 11.2 Å². The molecule has 1 unspecified atom stereocenters. The summed E-state index contributed by atoms with van der Waals surface area (Å²) in [6.45, 7) is 5.78. The maximum atomic E-state index is 12.6. The minimum atomic E-state index is -0.288. The molecule has 2 aromatic carbocycles. The van der Waals surface area contributed by atoms with Crippen molar-refractivity contribution in [3.05, 3.63) is 70.7 Å². The van der Waals surface area contributed by atoms with Crippen LogP contribution in [0, 0.1) is 5.92 Å². The highest BCUT2D eigenvalue weighted by molar-refractivity contribution is 7.15. The normalized spacial score (nSPS) is 11.9. The Balaban J connectivity index is 1.62. The number of hydrogen-bond donors (Lipinski definition) is 2. The number of hydrogen-bond acceptors (Lipinski definition) is 5. The Kier molecular flexibility index (Phi) is 6.72. The second-order valence-electron chi connectivity index (χ2n) is 7.20. The summed E-state index contributed by atoms with van der Waals surface area (Å²) < 4.78 is 0. The van der Waals surface area contributed by atoms with Gasteiger partial charge in [-0.15, -0.1) is 10.2 Å². The van der Waals surface area contributed by atoms with Gasteiger partial charge >= 0.3 is 0 Å². The molecule has 2 amide bonds. The van der Waals surface area contributed by atoms with Gasteiger partial charge in [-0.25, -0.2) is 0 Å². The Bertz CT molecular complexity index is 985. The molecule has 6 nitrogen and oxygen atoms in total. The van der Waals surface area contributed by atoms with E-state index in [1.807, 2.05) is 32.0 Å². The van der Waals surface area contributed by atoms with Crippen LogP contribution < -0.4 is 10.6 Å². The minimum Gasteiger partial charge on any atom is -0.326 e. The SMILES string of the molecule is CC(C)C(=O)Nc1cccc(C(=O)Nc2nnc(CC(C)c3ccccc3)s2)c1. The van der Waals surface area contributed by atoms with E-state index in [-0.39, 0.29) is 17.7 Å². The van der Waals surface area contributed by atoms with Crippen molar-refractivity contribution in [1.29, 1.82) is 0 Å². The molecular formula is C22H24N4O2S. The lowest BCUT2D eigenvalue weighted by Crippen LogP contribution is -2.18. The lowest BCUT2D eigenvalue weighted by atomic mass is 9.98. The van der Waals surface area contributed by atoms with E-state index in [2.05, 4.69) is 39.9 Å². The van der Waals surface area contributed by atoms with Crippen LogP contribution in [0.3, 0.4) is 0 Å². The predicted octanol–water partition coefficient (Wildman–Crippen LogP) is 4.73. The Morgan fingerprint density at radius 3 is 2.45 bits per heavy atom. The first-order chi connectivity index (χ1) is 13.9. The third-order valence-corrected chi connectivity index (χ3v) is 5.31. The third kappa shape index (κ3) is 5.71. The molecule has 0 radical (unpaired) electrons. The lowest BCUT2D eigenvalue weighted by Gasteiger charge is -2.09. The van der Waals surface area contributed by atoms with Gasteiger partial charge in [-0.2, -0.15) is 0 Å². The summed E-state index contributed by atoms with van der Waals surface area (Å²) in [5.41, 5.74) is 2.28. The van der Waals surface area contributed by atoms with Gasteiger partial charge in [0.2, 0.25) is 11.0 Å². The summed E-state index contributed by atoms with van der Waals surface area (Å²) in [7, 11) is 0. The first-order valence-electron chi connectivity index (χ1n) is 9.52. The second-order valence-corrected chi connectivity index (χ2v) is 8.26. The molecule has 3 aromatic rings. The van der Waals surface area contributed by atoms with Crippen molar-refractivity contribution in [3.8, 4) is 0 Å². The van der Waals surface area contributed by atoms with E-state index in [4.69, 9.17) is 0 Å². The number of carbonyl (C=O) groups is 2. The van der Waals surface area contributed by atoms with E-state index in [1.54, 1.807) is 24.3 Å². The molecule has 0 aliphatic rings. The van der Waals surface area contributed by atoms with Gasteiger partial charge in [0.15, 0.2) is 0 Å². The Labute approximate surface area is 174 Å². The number of aromatic nitrogens is 2. The van der Waals surface area contributed by atoms with E-state index < -0.39 is 0 Å². The zero-order valence-electron chi connectivity index (χ0n) is 16.7. The summed E-state index contributed by atoms with van der Waals surface area (Å²) in [4.78, 5) is 24.4. The minimum absolute atomic E-state index is 0.0936. The second kappa shape index (κ2) is 9.43. The quantitative estimate of drug-likeness (QED) is 0.592. The van der Waals surface area contributed by atoms with Crippen molar-refractivity contribution in [2.45, 2.75) is 33.1 Å². The zero-order chi connectivity index (χ0) is 20.8. The van der Waals surface area contributed by atoms with Crippen LogP contribution in [0.2, 0.25) is 0 Å². The Hall–Kier alpha value is -3.06. The van der Waals surface area contributed by atoms with Crippen LogP contribution in [0.4, 0.5) is 10.8 Å². The fraction of sp³-hybridized carbons (Fsp3) is 0.273. The molecule has 0 aliphatic carbocycles. The van der Waals surface area contributed by atoms with Crippen LogP contribution in [0.5, 0.6) is 0 Å². The lowest BCUT2D eigenvalue weighted by molar-refractivity contribution is -0.118. The van der Waals surface area contributed by atoms with Crippen LogP contribution in [-0.4, -0.2) is 22.0 Å². The van der Waals surface area contributed by atoms with Gasteiger partial charge in [-0.05, 0) is 29.7 Å². The summed E-state index contributed by atoms with van der Waals surface area (Å²) in [6, 6.07) is 17.1. The number of rotatable bonds is 7. The Morgan fingerprint density at radius 2 is 1.72 bits per heavy atom. The highest BCUT2D eigenvalue weighted by Crippen LogP contribution is 2.24. The van der Waals surface area contributed by atoms with Crippen molar-refractivity contribution in [2.24, 2.45) is 5.92 Å². The number of benzene rings is 2. The maximum absolute atomic E-state index is 12.6. The summed E-state index contributed by atoms with van der Waals surface area (Å²) in [5.74, 6) is -0.201. The molecule has 1 aromatic heterocycles. The summed E-state index contributed by atoms with van der Waals surface area (Å²) >= 11 is 1.37. The van der Waals surface area contributed by atoms with E-state index in [0.29, 0.717) is 22.3 Å². The van der Waals surface area contributed by atoms with E-state index in [9.17, 15) is 9.59 Å². The average molecular weight is 409 g/mol. The summed E-state index contributed by atoms with van der Waals surface area (Å²) in [6.07, 6.45) is 0.758. The molecule has 0 spiro atoms. The van der Waals surface area contributed by atoms with Gasteiger partial charge < -0.3 is 5.32 Å². The fourth-order valence-electron chi connectivity index (χ4n) is 2.74. The van der Waals surface area contributed by atoms with Gasteiger partial charge in [0, 0.05) is 23.6 Å². The number of nitrogens with one attached hydrogen (secondary N) is 2. The van der Waals surface area contributed by atoms with Gasteiger partial charge in [-0.1, -0.05) is 68.5 Å². The molecular weight excluding hydrogens is 384 g/mol. The zero-order valence-corrected chi connectivity index (χ0v) is 17.5. The van der Waals surface area contributed by atoms with E-state index in [1.165, 1.54) is 16.9 Å². The van der Waals surface area contributed by atoms with Crippen LogP contribution >= 0.6 is 11.3 Å². The van der Waals surface area contributed by atoms with Crippen molar-refractivity contribution in [1.82, 2.24) is 10.2 Å². The van der Waals surface area contributed by atoms with Crippen LogP contribution in [0.15, 0.2) is 54.6 Å². The van der Waals surface area contributed by atoms with Crippen LogP contribution in [0.25, 0.3) is 0 Å². The molecule has 29 heavy (non-hydrogen) atoms. The predicted molar refractivity (Wildman–Crippen MR) is 116 cm³/mol. The molecule has 0 saturated heterocycles. The molecule has 1 heterocycles. The average Bonchev–Trinajstić information content (AvgIpc) is 3.15. The molecule has 0 fully saturated rings. The number of carbonyl (C=O) groups excluding carboxylic acids is 2. The van der Waals surface area contributed by atoms with Crippen molar-refractivity contribution in [3.63, 3.8) is 0 Å².